The van der Waals surface area contributed by atoms with E-state index in [0.29, 0.717) is 12.3 Å². The van der Waals surface area contributed by atoms with Gasteiger partial charge in [0.15, 0.2) is 0 Å². The van der Waals surface area contributed by atoms with Gasteiger partial charge in [0.05, 0.1) is 18.0 Å². The van der Waals surface area contributed by atoms with E-state index in [4.69, 9.17) is 0 Å². The SMILES string of the molecule is C[C@@H](C#Cc1ccc(C(F)(F)F)cn1)[C@](O)(Cn1cncn1)c1ccc(F)cc1F. The van der Waals surface area contributed by atoms with Crippen LogP contribution >= 0.6 is 0 Å². The molecule has 0 amide bonds. The molecule has 0 bridgehead atoms. The molecule has 0 saturated carbocycles. The number of hydrogen-bond donors (Lipinski definition) is 1. The first kappa shape index (κ1) is 21.4. The van der Waals surface area contributed by atoms with Crippen LogP contribution in [0.1, 0.15) is 23.7 Å². The van der Waals surface area contributed by atoms with Crippen LogP contribution in [0.2, 0.25) is 0 Å². The van der Waals surface area contributed by atoms with Gasteiger partial charge in [-0.3, -0.25) is 0 Å². The molecule has 5 nitrogen and oxygen atoms in total. The van der Waals surface area contributed by atoms with Gasteiger partial charge in [-0.15, -0.1) is 0 Å². The molecule has 0 unspecified atom stereocenters. The van der Waals surface area contributed by atoms with Crippen LogP contribution < -0.4 is 0 Å². The molecule has 1 N–H and O–H groups in total. The summed E-state index contributed by atoms with van der Waals surface area (Å²) in [6, 6.07) is 4.68. The first-order valence-electron chi connectivity index (χ1n) is 8.64. The van der Waals surface area contributed by atoms with Crippen LogP contribution in [-0.4, -0.2) is 24.9 Å². The van der Waals surface area contributed by atoms with Crippen LogP contribution in [-0.2, 0) is 18.3 Å². The third kappa shape index (κ3) is 4.63. The molecule has 3 aromatic rings. The first-order chi connectivity index (χ1) is 14.1. The molecule has 2 heterocycles. The third-order valence-corrected chi connectivity index (χ3v) is 4.49. The quantitative estimate of drug-likeness (QED) is 0.516. The van der Waals surface area contributed by atoms with E-state index < -0.39 is 34.9 Å². The molecular weight excluding hydrogens is 407 g/mol. The van der Waals surface area contributed by atoms with E-state index in [0.717, 1.165) is 24.3 Å². The Hall–Kier alpha value is -3.32. The second-order valence-corrected chi connectivity index (χ2v) is 6.56. The van der Waals surface area contributed by atoms with Crippen molar-refractivity contribution in [3.63, 3.8) is 0 Å². The van der Waals surface area contributed by atoms with E-state index in [1.165, 1.54) is 24.3 Å². The Kier molecular flexibility index (Phi) is 5.85. The number of halogens is 5. The maximum absolute atomic E-state index is 14.4. The van der Waals surface area contributed by atoms with E-state index in [2.05, 4.69) is 26.9 Å². The van der Waals surface area contributed by atoms with E-state index in [9.17, 15) is 27.1 Å². The molecule has 0 aliphatic rings. The lowest BCUT2D eigenvalue weighted by Gasteiger charge is -2.32. The summed E-state index contributed by atoms with van der Waals surface area (Å²) in [6.07, 6.45) is -1.34. The number of pyridine rings is 1. The minimum Gasteiger partial charge on any atom is -0.382 e. The molecule has 0 fully saturated rings. The number of nitrogens with zero attached hydrogens (tertiary/aromatic N) is 4. The minimum absolute atomic E-state index is 0.0394. The molecule has 0 radical (unpaired) electrons. The molecule has 3 rings (SSSR count). The Bertz CT molecular complexity index is 1070. The fourth-order valence-electron chi connectivity index (χ4n) is 2.79. The standard InChI is InChI=1S/C20H15F5N4O/c1-13(2-5-16-6-3-14(9-27-16)20(23,24)25)19(30,10-29-12-26-11-28-29)17-7-4-15(21)8-18(17)22/h3-4,6-9,11-13,30H,10H2,1H3/t13-,19+/m0/s1. The molecule has 0 aliphatic carbocycles. The second kappa shape index (κ2) is 8.20. The van der Waals surface area contributed by atoms with Crippen molar-refractivity contribution in [3.8, 4) is 11.8 Å². The van der Waals surface area contributed by atoms with Gasteiger partial charge in [0.1, 0.15) is 35.6 Å². The van der Waals surface area contributed by atoms with E-state index in [-0.39, 0.29) is 17.8 Å². The highest BCUT2D eigenvalue weighted by atomic mass is 19.4. The molecular formula is C20H15F5N4O. The summed E-state index contributed by atoms with van der Waals surface area (Å²) in [7, 11) is 0. The van der Waals surface area contributed by atoms with Crippen LogP contribution in [0.15, 0.2) is 49.2 Å². The normalized spacial score (nSPS) is 14.5. The van der Waals surface area contributed by atoms with Crippen molar-refractivity contribution < 1.29 is 27.1 Å². The van der Waals surface area contributed by atoms with Crippen molar-refractivity contribution in [2.75, 3.05) is 0 Å². The van der Waals surface area contributed by atoms with Gasteiger partial charge >= 0.3 is 6.18 Å². The summed E-state index contributed by atoms with van der Waals surface area (Å²) in [5, 5.41) is 15.2. The molecule has 0 spiro atoms. The van der Waals surface area contributed by atoms with Gasteiger partial charge < -0.3 is 5.11 Å². The zero-order valence-corrected chi connectivity index (χ0v) is 15.5. The fourth-order valence-corrected chi connectivity index (χ4v) is 2.79. The van der Waals surface area contributed by atoms with Gasteiger partial charge in [-0.05, 0) is 31.0 Å². The summed E-state index contributed by atoms with van der Waals surface area (Å²) in [4.78, 5) is 7.42. The zero-order valence-electron chi connectivity index (χ0n) is 15.5. The van der Waals surface area contributed by atoms with Crippen molar-refractivity contribution in [1.82, 2.24) is 19.7 Å². The summed E-state index contributed by atoms with van der Waals surface area (Å²) in [5.41, 5.74) is -3.03. The zero-order chi connectivity index (χ0) is 21.9. The summed E-state index contributed by atoms with van der Waals surface area (Å²) >= 11 is 0. The lowest BCUT2D eigenvalue weighted by Crippen LogP contribution is -2.39. The van der Waals surface area contributed by atoms with Gasteiger partial charge in [0, 0.05) is 17.8 Å². The number of rotatable bonds is 4. The highest BCUT2D eigenvalue weighted by Gasteiger charge is 2.38. The monoisotopic (exact) mass is 422 g/mol. The van der Waals surface area contributed by atoms with Crippen LogP contribution in [0.4, 0.5) is 22.0 Å². The highest BCUT2D eigenvalue weighted by Crippen LogP contribution is 2.33. The Balaban J connectivity index is 1.95. The smallest absolute Gasteiger partial charge is 0.382 e. The number of hydrogen-bond acceptors (Lipinski definition) is 4. The Morgan fingerprint density at radius 1 is 1.17 bits per heavy atom. The van der Waals surface area contributed by atoms with E-state index >= 15 is 0 Å². The molecule has 30 heavy (non-hydrogen) atoms. The average Bonchev–Trinajstić information content (AvgIpc) is 3.18. The maximum Gasteiger partial charge on any atom is 0.417 e. The molecule has 0 aliphatic heterocycles. The van der Waals surface area contributed by atoms with E-state index in [1.807, 2.05) is 0 Å². The van der Waals surface area contributed by atoms with Gasteiger partial charge in [0.25, 0.3) is 0 Å². The Morgan fingerprint density at radius 3 is 2.50 bits per heavy atom. The van der Waals surface area contributed by atoms with Crippen molar-refractivity contribution >= 4 is 0 Å². The minimum atomic E-state index is -4.52. The number of aliphatic hydroxyl groups is 1. The maximum atomic E-state index is 14.4. The molecule has 0 saturated heterocycles. The van der Waals surface area contributed by atoms with Crippen molar-refractivity contribution in [2.24, 2.45) is 5.92 Å². The van der Waals surface area contributed by atoms with Gasteiger partial charge in [-0.2, -0.15) is 18.3 Å². The Morgan fingerprint density at radius 2 is 1.93 bits per heavy atom. The summed E-state index contributed by atoms with van der Waals surface area (Å²) < 4.78 is 67.0. The number of benzene rings is 1. The molecule has 156 valence electrons. The van der Waals surface area contributed by atoms with E-state index in [1.54, 1.807) is 0 Å². The van der Waals surface area contributed by atoms with Crippen molar-refractivity contribution in [1.29, 1.82) is 0 Å². The lowest BCUT2D eigenvalue weighted by molar-refractivity contribution is -0.137. The van der Waals surface area contributed by atoms with Crippen LogP contribution in [0.25, 0.3) is 0 Å². The molecule has 10 heteroatoms. The van der Waals surface area contributed by atoms with Crippen LogP contribution in [0.3, 0.4) is 0 Å². The largest absolute Gasteiger partial charge is 0.417 e. The van der Waals surface area contributed by atoms with Crippen LogP contribution in [0.5, 0.6) is 0 Å². The fraction of sp³-hybridized carbons (Fsp3) is 0.250. The van der Waals surface area contributed by atoms with Crippen molar-refractivity contribution in [2.45, 2.75) is 25.2 Å². The molecule has 2 atom stereocenters. The summed E-state index contributed by atoms with van der Waals surface area (Å²) in [6.45, 7) is 1.25. The molecule has 1 aromatic carbocycles. The number of alkyl halides is 3. The first-order valence-corrected chi connectivity index (χ1v) is 8.64. The third-order valence-electron chi connectivity index (χ3n) is 4.49. The molecule has 2 aromatic heterocycles. The van der Waals surface area contributed by atoms with Gasteiger partial charge in [0.2, 0.25) is 0 Å². The number of aromatic nitrogens is 4. The highest BCUT2D eigenvalue weighted by molar-refractivity contribution is 5.33. The summed E-state index contributed by atoms with van der Waals surface area (Å²) in [5.74, 6) is 2.54. The average molecular weight is 422 g/mol. The Labute approximate surface area is 168 Å². The topological polar surface area (TPSA) is 63.8 Å². The second-order valence-electron chi connectivity index (χ2n) is 6.56. The predicted molar refractivity (Wildman–Crippen MR) is 95.6 cm³/mol. The van der Waals surface area contributed by atoms with Crippen molar-refractivity contribution in [3.05, 3.63) is 77.6 Å². The van der Waals surface area contributed by atoms with Crippen LogP contribution in [0, 0.1) is 29.4 Å². The predicted octanol–water partition coefficient (Wildman–Crippen LogP) is 3.55. The lowest BCUT2D eigenvalue weighted by atomic mass is 9.82. The van der Waals surface area contributed by atoms with Gasteiger partial charge in [-0.1, -0.05) is 12.0 Å². The van der Waals surface area contributed by atoms with Gasteiger partial charge in [-0.25, -0.2) is 23.4 Å².